The van der Waals surface area contributed by atoms with Crippen LogP contribution >= 0.6 is 11.6 Å². The third-order valence-electron chi connectivity index (χ3n) is 4.17. The van der Waals surface area contributed by atoms with Gasteiger partial charge in [0.25, 0.3) is 5.91 Å². The molecule has 0 unspecified atom stereocenters. The highest BCUT2D eigenvalue weighted by Crippen LogP contribution is 2.21. The number of furan rings is 1. The largest absolute Gasteiger partial charge is 0.459 e. The Morgan fingerprint density at radius 1 is 1.08 bits per heavy atom. The van der Waals surface area contributed by atoms with Gasteiger partial charge >= 0.3 is 0 Å². The Morgan fingerprint density at radius 2 is 1.88 bits per heavy atom. The van der Waals surface area contributed by atoms with Crippen molar-refractivity contribution < 1.29 is 9.21 Å². The number of carbonyl (C=O) groups excluding carboxylic acids is 1. The lowest BCUT2D eigenvalue weighted by molar-refractivity contribution is 0.0922. The number of carbonyl (C=O) groups is 1. The first-order chi connectivity index (χ1) is 12.7. The predicted molar refractivity (Wildman–Crippen MR) is 100 cm³/mol. The number of amides is 1. The Bertz CT molecular complexity index is 1050. The molecule has 5 nitrogen and oxygen atoms in total. The summed E-state index contributed by atoms with van der Waals surface area (Å²) >= 11 is 6.32. The Balaban J connectivity index is 1.65. The summed E-state index contributed by atoms with van der Waals surface area (Å²) in [6.07, 6.45) is 1.47. The first-order valence-corrected chi connectivity index (χ1v) is 8.59. The average molecular weight is 366 g/mol. The van der Waals surface area contributed by atoms with Crippen LogP contribution < -0.4 is 5.32 Å². The van der Waals surface area contributed by atoms with E-state index in [1.54, 1.807) is 12.1 Å². The lowest BCUT2D eigenvalue weighted by Crippen LogP contribution is -2.24. The molecule has 0 aliphatic carbocycles. The van der Waals surface area contributed by atoms with Gasteiger partial charge in [-0.15, -0.1) is 0 Å². The van der Waals surface area contributed by atoms with Gasteiger partial charge in [0.2, 0.25) is 0 Å². The zero-order chi connectivity index (χ0) is 17.9. The van der Waals surface area contributed by atoms with Gasteiger partial charge in [0.05, 0.1) is 30.4 Å². The standard InChI is InChI=1S/C20H16ClN3O2/c21-15-7-2-1-6-14(15)13-24-17-9-4-3-8-16(17)23-19(24)12-22-20(25)18-10-5-11-26-18/h1-11H,12-13H2,(H,22,25). The van der Waals surface area contributed by atoms with Crippen LogP contribution in [0.2, 0.25) is 5.02 Å². The topological polar surface area (TPSA) is 60.1 Å². The second-order valence-electron chi connectivity index (χ2n) is 5.85. The zero-order valence-corrected chi connectivity index (χ0v) is 14.6. The number of fused-ring (bicyclic) bond motifs is 1. The summed E-state index contributed by atoms with van der Waals surface area (Å²) < 4.78 is 7.20. The van der Waals surface area contributed by atoms with Crippen molar-refractivity contribution in [2.75, 3.05) is 0 Å². The van der Waals surface area contributed by atoms with E-state index in [0.717, 1.165) is 22.4 Å². The molecule has 2 heterocycles. The second-order valence-corrected chi connectivity index (χ2v) is 6.26. The Morgan fingerprint density at radius 3 is 2.69 bits per heavy atom. The third-order valence-corrected chi connectivity index (χ3v) is 4.54. The summed E-state index contributed by atoms with van der Waals surface area (Å²) in [6, 6.07) is 18.9. The van der Waals surface area contributed by atoms with Gasteiger partial charge in [-0.2, -0.15) is 0 Å². The van der Waals surface area contributed by atoms with E-state index in [1.807, 2.05) is 48.5 Å². The summed E-state index contributed by atoms with van der Waals surface area (Å²) in [6.45, 7) is 0.866. The number of imidazole rings is 1. The molecule has 2 aromatic heterocycles. The average Bonchev–Trinajstić information content (AvgIpc) is 3.30. The first-order valence-electron chi connectivity index (χ1n) is 8.21. The molecule has 6 heteroatoms. The van der Waals surface area contributed by atoms with Crippen LogP contribution in [-0.2, 0) is 13.1 Å². The number of halogens is 1. The van der Waals surface area contributed by atoms with Gasteiger partial charge in [-0.1, -0.05) is 41.9 Å². The SMILES string of the molecule is O=C(NCc1nc2ccccc2n1Cc1ccccc1Cl)c1ccco1. The molecule has 0 radical (unpaired) electrons. The van der Waals surface area contributed by atoms with E-state index >= 15 is 0 Å². The van der Waals surface area contributed by atoms with E-state index in [4.69, 9.17) is 16.0 Å². The van der Waals surface area contributed by atoms with Gasteiger partial charge < -0.3 is 14.3 Å². The maximum Gasteiger partial charge on any atom is 0.287 e. The molecule has 4 rings (SSSR count). The predicted octanol–water partition coefficient (Wildman–Crippen LogP) is 4.26. The van der Waals surface area contributed by atoms with Crippen molar-refractivity contribution in [3.05, 3.63) is 89.1 Å². The van der Waals surface area contributed by atoms with Crippen molar-refractivity contribution in [3.63, 3.8) is 0 Å². The molecule has 0 saturated heterocycles. The van der Waals surface area contributed by atoms with Crippen LogP contribution in [0.25, 0.3) is 11.0 Å². The zero-order valence-electron chi connectivity index (χ0n) is 13.9. The van der Waals surface area contributed by atoms with E-state index in [2.05, 4.69) is 14.9 Å². The molecule has 0 bridgehead atoms. The summed E-state index contributed by atoms with van der Waals surface area (Å²) in [5, 5.41) is 3.56. The molecule has 26 heavy (non-hydrogen) atoms. The fraction of sp³-hybridized carbons (Fsp3) is 0.100. The Labute approximate surface area is 155 Å². The molecule has 0 aliphatic rings. The minimum absolute atomic E-state index is 0.272. The smallest absolute Gasteiger partial charge is 0.287 e. The highest BCUT2D eigenvalue weighted by atomic mass is 35.5. The molecule has 0 fully saturated rings. The van der Waals surface area contributed by atoms with Crippen molar-refractivity contribution >= 4 is 28.5 Å². The Kier molecular flexibility index (Phi) is 4.46. The lowest BCUT2D eigenvalue weighted by atomic mass is 10.2. The molecule has 0 aliphatic heterocycles. The minimum Gasteiger partial charge on any atom is -0.459 e. The van der Waals surface area contributed by atoms with Crippen LogP contribution in [0.4, 0.5) is 0 Å². The third kappa shape index (κ3) is 3.21. The molecule has 0 saturated carbocycles. The van der Waals surface area contributed by atoms with Gasteiger partial charge in [-0.3, -0.25) is 4.79 Å². The van der Waals surface area contributed by atoms with Gasteiger partial charge in [-0.25, -0.2) is 4.98 Å². The normalized spacial score (nSPS) is 11.0. The van der Waals surface area contributed by atoms with Crippen LogP contribution in [0.5, 0.6) is 0 Å². The molecule has 4 aromatic rings. The number of hydrogen-bond donors (Lipinski definition) is 1. The summed E-state index contributed by atoms with van der Waals surface area (Å²) in [4.78, 5) is 16.8. The van der Waals surface area contributed by atoms with Crippen LogP contribution in [0.15, 0.2) is 71.3 Å². The van der Waals surface area contributed by atoms with Gasteiger partial charge in [-0.05, 0) is 35.9 Å². The molecule has 2 aromatic carbocycles. The fourth-order valence-electron chi connectivity index (χ4n) is 2.89. The van der Waals surface area contributed by atoms with Crippen LogP contribution in [-0.4, -0.2) is 15.5 Å². The van der Waals surface area contributed by atoms with Crippen molar-refractivity contribution in [3.8, 4) is 0 Å². The maximum atomic E-state index is 12.2. The number of nitrogens with one attached hydrogen (secondary N) is 1. The highest BCUT2D eigenvalue weighted by molar-refractivity contribution is 6.31. The number of para-hydroxylation sites is 2. The Hall–Kier alpha value is -3.05. The summed E-state index contributed by atoms with van der Waals surface area (Å²) in [7, 11) is 0. The number of aromatic nitrogens is 2. The second kappa shape index (κ2) is 7.06. The van der Waals surface area contributed by atoms with Crippen LogP contribution in [0.1, 0.15) is 21.9 Å². The fourth-order valence-corrected chi connectivity index (χ4v) is 3.08. The summed E-state index contributed by atoms with van der Waals surface area (Å²) in [5.41, 5.74) is 2.87. The van der Waals surface area contributed by atoms with Gasteiger partial charge in [0.1, 0.15) is 5.82 Å². The molecular weight excluding hydrogens is 350 g/mol. The van der Waals surface area contributed by atoms with E-state index < -0.39 is 0 Å². The van der Waals surface area contributed by atoms with Crippen molar-refractivity contribution in [2.24, 2.45) is 0 Å². The van der Waals surface area contributed by atoms with Crippen molar-refractivity contribution in [2.45, 2.75) is 13.1 Å². The monoisotopic (exact) mass is 365 g/mol. The number of hydrogen-bond acceptors (Lipinski definition) is 3. The molecular formula is C20H16ClN3O2. The number of benzene rings is 2. The molecule has 1 amide bonds. The number of nitrogens with zero attached hydrogens (tertiary/aromatic N) is 2. The number of rotatable bonds is 5. The molecule has 0 spiro atoms. The first kappa shape index (κ1) is 16.4. The van der Waals surface area contributed by atoms with E-state index in [-0.39, 0.29) is 11.7 Å². The van der Waals surface area contributed by atoms with Crippen molar-refractivity contribution in [1.29, 1.82) is 0 Å². The van der Waals surface area contributed by atoms with Gasteiger partial charge in [0.15, 0.2) is 5.76 Å². The summed E-state index contributed by atoms with van der Waals surface area (Å²) in [5.74, 6) is 0.760. The highest BCUT2D eigenvalue weighted by Gasteiger charge is 2.14. The lowest BCUT2D eigenvalue weighted by Gasteiger charge is -2.11. The minimum atomic E-state index is -0.272. The molecule has 1 N–H and O–H groups in total. The quantitative estimate of drug-likeness (QED) is 0.574. The van der Waals surface area contributed by atoms with Crippen LogP contribution in [0.3, 0.4) is 0 Å². The maximum absolute atomic E-state index is 12.2. The van der Waals surface area contributed by atoms with E-state index in [9.17, 15) is 4.79 Å². The van der Waals surface area contributed by atoms with Crippen molar-refractivity contribution in [1.82, 2.24) is 14.9 Å². The molecule has 0 atom stereocenters. The molecule has 130 valence electrons. The van der Waals surface area contributed by atoms with Crippen LogP contribution in [0, 0.1) is 0 Å². The van der Waals surface area contributed by atoms with E-state index in [1.165, 1.54) is 6.26 Å². The van der Waals surface area contributed by atoms with E-state index in [0.29, 0.717) is 18.1 Å². The van der Waals surface area contributed by atoms with Gasteiger partial charge in [0, 0.05) is 5.02 Å².